The number of carboxylic acid groups (broad SMARTS) is 1. The Morgan fingerprint density at radius 2 is 2.00 bits per heavy atom. The van der Waals surface area contributed by atoms with Gasteiger partial charge in [0.1, 0.15) is 0 Å². The normalized spacial score (nSPS) is 24.9. The molecule has 2 rings (SSSR count). The number of carbonyl (C=O) groups is 2. The second kappa shape index (κ2) is 6.43. The lowest BCUT2D eigenvalue weighted by molar-refractivity contribution is -0.138. The fourth-order valence-corrected chi connectivity index (χ4v) is 3.43. The van der Waals surface area contributed by atoms with E-state index in [2.05, 4.69) is 5.32 Å². The molecule has 1 atom stereocenters. The molecule has 0 spiro atoms. The van der Waals surface area contributed by atoms with E-state index in [0.717, 1.165) is 38.5 Å². The van der Waals surface area contributed by atoms with Crippen LogP contribution in [0.25, 0.3) is 0 Å². The first-order valence-corrected chi connectivity index (χ1v) is 7.44. The smallest absolute Gasteiger partial charge is 0.317 e. The minimum Gasteiger partial charge on any atom is -0.481 e. The van der Waals surface area contributed by atoms with Crippen LogP contribution in [0.2, 0.25) is 0 Å². The molecule has 1 aliphatic heterocycles. The van der Waals surface area contributed by atoms with Crippen molar-refractivity contribution >= 4 is 12.0 Å². The van der Waals surface area contributed by atoms with E-state index in [1.165, 1.54) is 0 Å². The van der Waals surface area contributed by atoms with Crippen molar-refractivity contribution in [2.24, 2.45) is 5.92 Å². The molecule has 114 valence electrons. The Balaban J connectivity index is 1.91. The van der Waals surface area contributed by atoms with Crippen LogP contribution in [0.3, 0.4) is 0 Å². The lowest BCUT2D eigenvalue weighted by Crippen LogP contribution is -2.52. The number of hydrogen-bond donors (Lipinski definition) is 3. The van der Waals surface area contributed by atoms with E-state index in [1.54, 1.807) is 4.90 Å². The zero-order valence-electron chi connectivity index (χ0n) is 11.8. The molecule has 1 saturated carbocycles. The van der Waals surface area contributed by atoms with Gasteiger partial charge in [0.05, 0.1) is 12.0 Å². The molecule has 6 nitrogen and oxygen atoms in total. The standard InChI is InChI=1S/C14H24N2O4/c17-8-4-11-3-7-16(10-11)13(20)15-14(9-12(18)19)5-1-2-6-14/h11,17H,1-10H2,(H,15,20)(H,18,19). The number of likely N-dealkylation sites (tertiary alicyclic amines) is 1. The van der Waals surface area contributed by atoms with E-state index in [9.17, 15) is 9.59 Å². The van der Waals surface area contributed by atoms with Gasteiger partial charge in [-0.05, 0) is 31.6 Å². The van der Waals surface area contributed by atoms with Crippen molar-refractivity contribution in [3.63, 3.8) is 0 Å². The van der Waals surface area contributed by atoms with Gasteiger partial charge < -0.3 is 20.4 Å². The first-order valence-electron chi connectivity index (χ1n) is 7.44. The van der Waals surface area contributed by atoms with Crippen LogP contribution in [0.4, 0.5) is 4.79 Å². The highest BCUT2D eigenvalue weighted by Gasteiger charge is 2.39. The maximum atomic E-state index is 12.3. The second-order valence-electron chi connectivity index (χ2n) is 6.10. The van der Waals surface area contributed by atoms with Gasteiger partial charge in [-0.25, -0.2) is 4.79 Å². The molecule has 1 aliphatic carbocycles. The van der Waals surface area contributed by atoms with E-state index in [4.69, 9.17) is 10.2 Å². The number of aliphatic hydroxyl groups is 1. The number of rotatable bonds is 5. The molecule has 20 heavy (non-hydrogen) atoms. The average Bonchev–Trinajstić information content (AvgIpc) is 2.98. The molecule has 0 aromatic heterocycles. The van der Waals surface area contributed by atoms with Crippen LogP contribution in [0.5, 0.6) is 0 Å². The van der Waals surface area contributed by atoms with Crippen molar-refractivity contribution in [1.29, 1.82) is 0 Å². The first-order chi connectivity index (χ1) is 9.54. The van der Waals surface area contributed by atoms with E-state index < -0.39 is 11.5 Å². The molecule has 1 saturated heterocycles. The molecule has 0 radical (unpaired) electrons. The summed E-state index contributed by atoms with van der Waals surface area (Å²) in [5.41, 5.74) is -0.558. The topological polar surface area (TPSA) is 89.9 Å². The van der Waals surface area contributed by atoms with Crippen molar-refractivity contribution in [2.45, 2.75) is 50.5 Å². The molecule has 0 bridgehead atoms. The predicted octanol–water partition coefficient (Wildman–Crippen LogP) is 1.19. The summed E-state index contributed by atoms with van der Waals surface area (Å²) in [4.78, 5) is 25.1. The highest BCUT2D eigenvalue weighted by Crippen LogP contribution is 2.33. The Kier molecular flexibility index (Phi) is 4.86. The zero-order chi connectivity index (χ0) is 14.6. The molecule has 2 amide bonds. The number of carbonyl (C=O) groups excluding carboxylic acids is 1. The Bertz CT molecular complexity index is 366. The van der Waals surface area contributed by atoms with Gasteiger partial charge >= 0.3 is 12.0 Å². The molecule has 0 aromatic carbocycles. The zero-order valence-corrected chi connectivity index (χ0v) is 11.8. The minimum absolute atomic E-state index is 0.00660. The number of aliphatic hydroxyl groups excluding tert-OH is 1. The first kappa shape index (κ1) is 15.1. The van der Waals surface area contributed by atoms with Crippen LogP contribution in [0.15, 0.2) is 0 Å². The third-order valence-corrected chi connectivity index (χ3v) is 4.53. The van der Waals surface area contributed by atoms with Crippen LogP contribution in [0, 0.1) is 5.92 Å². The van der Waals surface area contributed by atoms with Crippen molar-refractivity contribution in [3.05, 3.63) is 0 Å². The second-order valence-corrected chi connectivity index (χ2v) is 6.10. The fourth-order valence-electron chi connectivity index (χ4n) is 3.43. The van der Waals surface area contributed by atoms with Gasteiger partial charge in [0.15, 0.2) is 0 Å². The largest absolute Gasteiger partial charge is 0.481 e. The quantitative estimate of drug-likeness (QED) is 0.707. The van der Waals surface area contributed by atoms with Crippen LogP contribution < -0.4 is 5.32 Å². The lowest BCUT2D eigenvalue weighted by atomic mass is 9.93. The maximum absolute atomic E-state index is 12.3. The molecular weight excluding hydrogens is 260 g/mol. The monoisotopic (exact) mass is 284 g/mol. The number of hydrogen-bond acceptors (Lipinski definition) is 3. The molecule has 1 heterocycles. The molecule has 1 unspecified atom stereocenters. The Morgan fingerprint density at radius 1 is 1.30 bits per heavy atom. The SMILES string of the molecule is O=C(O)CC1(NC(=O)N2CCC(CCO)C2)CCCC1. The third-order valence-electron chi connectivity index (χ3n) is 4.53. The number of nitrogens with zero attached hydrogens (tertiary/aromatic N) is 1. The number of nitrogens with one attached hydrogen (secondary N) is 1. The van der Waals surface area contributed by atoms with Gasteiger partial charge in [-0.15, -0.1) is 0 Å². The maximum Gasteiger partial charge on any atom is 0.317 e. The lowest BCUT2D eigenvalue weighted by Gasteiger charge is -2.31. The van der Waals surface area contributed by atoms with Gasteiger partial charge in [-0.3, -0.25) is 4.79 Å². The van der Waals surface area contributed by atoms with Crippen LogP contribution in [0.1, 0.15) is 44.9 Å². The fraction of sp³-hybridized carbons (Fsp3) is 0.857. The highest BCUT2D eigenvalue weighted by atomic mass is 16.4. The number of amides is 2. The van der Waals surface area contributed by atoms with Gasteiger partial charge in [-0.1, -0.05) is 12.8 Å². The summed E-state index contributed by atoms with van der Waals surface area (Å²) in [5.74, 6) is -0.489. The van der Waals surface area contributed by atoms with E-state index in [0.29, 0.717) is 19.0 Å². The number of carboxylic acids is 1. The van der Waals surface area contributed by atoms with E-state index in [1.807, 2.05) is 0 Å². The van der Waals surface area contributed by atoms with Crippen molar-refractivity contribution in [2.75, 3.05) is 19.7 Å². The Hall–Kier alpha value is -1.30. The molecule has 0 aromatic rings. The molecule has 6 heteroatoms. The van der Waals surface area contributed by atoms with Gasteiger partial charge in [0, 0.05) is 19.7 Å². The summed E-state index contributed by atoms with van der Waals surface area (Å²) in [6.07, 6.45) is 5.09. The average molecular weight is 284 g/mol. The Labute approximate surface area is 119 Å². The minimum atomic E-state index is -0.855. The van der Waals surface area contributed by atoms with Crippen molar-refractivity contribution < 1.29 is 19.8 Å². The van der Waals surface area contributed by atoms with Gasteiger partial charge in [0.2, 0.25) is 0 Å². The summed E-state index contributed by atoms with van der Waals surface area (Å²) in [5, 5.41) is 20.9. The van der Waals surface area contributed by atoms with Crippen LogP contribution >= 0.6 is 0 Å². The van der Waals surface area contributed by atoms with Crippen LogP contribution in [-0.2, 0) is 4.79 Å². The molecule has 2 aliphatic rings. The summed E-state index contributed by atoms with van der Waals surface area (Å²) < 4.78 is 0. The van der Waals surface area contributed by atoms with Crippen molar-refractivity contribution in [1.82, 2.24) is 10.2 Å². The van der Waals surface area contributed by atoms with Gasteiger partial charge in [-0.2, -0.15) is 0 Å². The Morgan fingerprint density at radius 3 is 2.60 bits per heavy atom. The molecule has 2 fully saturated rings. The summed E-state index contributed by atoms with van der Waals surface area (Å²) in [6.45, 7) is 1.51. The summed E-state index contributed by atoms with van der Waals surface area (Å²) in [6, 6.07) is -0.145. The summed E-state index contributed by atoms with van der Waals surface area (Å²) >= 11 is 0. The van der Waals surface area contributed by atoms with Gasteiger partial charge in [0.25, 0.3) is 0 Å². The molecular formula is C14H24N2O4. The van der Waals surface area contributed by atoms with E-state index >= 15 is 0 Å². The third kappa shape index (κ3) is 3.62. The number of aliphatic carboxylic acids is 1. The highest BCUT2D eigenvalue weighted by molar-refractivity contribution is 5.77. The van der Waals surface area contributed by atoms with Crippen molar-refractivity contribution in [3.8, 4) is 0 Å². The molecule has 3 N–H and O–H groups in total. The van der Waals surface area contributed by atoms with Crippen LogP contribution in [-0.4, -0.2) is 52.3 Å². The predicted molar refractivity (Wildman–Crippen MR) is 73.4 cm³/mol. The summed E-state index contributed by atoms with van der Waals surface area (Å²) in [7, 11) is 0. The van der Waals surface area contributed by atoms with E-state index in [-0.39, 0.29) is 19.1 Å². The number of urea groups is 1.